The molecule has 154 valence electrons. The summed E-state index contributed by atoms with van der Waals surface area (Å²) < 4.78 is 16.5. The van der Waals surface area contributed by atoms with Crippen molar-refractivity contribution in [3.8, 4) is 5.75 Å². The van der Waals surface area contributed by atoms with Crippen LogP contribution in [0.1, 0.15) is 44.6 Å². The van der Waals surface area contributed by atoms with Crippen LogP contribution in [0.2, 0.25) is 0 Å². The second-order valence-corrected chi connectivity index (χ2v) is 5.97. The predicted octanol–water partition coefficient (Wildman–Crippen LogP) is 3.00. The number of carbonyl (C=O) groups is 1. The average molecular weight is 383 g/mol. The number of hydrogen-bond donors (Lipinski definition) is 1. The molecule has 1 aromatic carbocycles. The van der Waals surface area contributed by atoms with Crippen LogP contribution >= 0.6 is 0 Å². The van der Waals surface area contributed by atoms with Gasteiger partial charge in [-0.3, -0.25) is 4.89 Å². The minimum atomic E-state index is -0.384. The minimum absolute atomic E-state index is 0.227. The van der Waals surface area contributed by atoms with Crippen LogP contribution in [-0.2, 0) is 30.6 Å². The van der Waals surface area contributed by atoms with Crippen LogP contribution in [0.3, 0.4) is 0 Å². The Morgan fingerprint density at radius 1 is 0.926 bits per heavy atom. The van der Waals surface area contributed by atoms with Crippen LogP contribution in [0.25, 0.3) is 0 Å². The second-order valence-electron chi connectivity index (χ2n) is 5.97. The first-order valence-corrected chi connectivity index (χ1v) is 9.65. The molecule has 1 aromatic rings. The highest BCUT2D eigenvalue weighted by molar-refractivity contribution is 5.68. The molecule has 7 heteroatoms. The van der Waals surface area contributed by atoms with Crippen LogP contribution in [0.4, 0.5) is 0 Å². The molecular weight excluding hydrogens is 350 g/mol. The zero-order chi connectivity index (χ0) is 19.6. The van der Waals surface area contributed by atoms with E-state index in [4.69, 9.17) is 19.9 Å². The lowest BCUT2D eigenvalue weighted by atomic mass is 10.2. The van der Waals surface area contributed by atoms with E-state index in [1.54, 1.807) is 6.92 Å². The van der Waals surface area contributed by atoms with Gasteiger partial charge in [0.25, 0.3) is 0 Å². The van der Waals surface area contributed by atoms with Gasteiger partial charge in [-0.25, -0.2) is 4.79 Å². The Labute approximate surface area is 162 Å². The zero-order valence-corrected chi connectivity index (χ0v) is 16.3. The van der Waals surface area contributed by atoms with Crippen molar-refractivity contribution in [2.24, 2.45) is 5.73 Å². The van der Waals surface area contributed by atoms with Gasteiger partial charge in [0, 0.05) is 19.6 Å². The first-order valence-electron chi connectivity index (χ1n) is 9.65. The Hall–Kier alpha value is -1.67. The van der Waals surface area contributed by atoms with E-state index in [9.17, 15) is 4.79 Å². The Balaban J connectivity index is 1.79. The fourth-order valence-electron chi connectivity index (χ4n) is 2.19. The molecule has 0 radical (unpaired) electrons. The number of carbonyl (C=O) groups excluding carboxylic acids is 1. The lowest BCUT2D eigenvalue weighted by molar-refractivity contribution is -0.276. The van der Waals surface area contributed by atoms with E-state index in [1.807, 2.05) is 24.3 Å². The highest BCUT2D eigenvalue weighted by atomic mass is 17.2. The van der Waals surface area contributed by atoms with Gasteiger partial charge in [-0.15, -0.1) is 0 Å². The Bertz CT molecular complexity index is 497. The third-order valence-corrected chi connectivity index (χ3v) is 3.71. The van der Waals surface area contributed by atoms with Gasteiger partial charge in [-0.2, -0.15) is 4.89 Å². The molecule has 0 bridgehead atoms. The van der Waals surface area contributed by atoms with Crippen LogP contribution < -0.4 is 10.5 Å². The average Bonchev–Trinajstić information content (AvgIpc) is 2.70. The first-order chi connectivity index (χ1) is 13.3. The molecule has 0 aliphatic heterocycles. The SMILES string of the molecule is CCC(=O)OOCCOCCOCCCCCCOc1cccc(CN)c1. The molecule has 1 rings (SSSR count). The number of hydrogen-bond acceptors (Lipinski definition) is 7. The van der Waals surface area contributed by atoms with E-state index in [0.29, 0.717) is 32.8 Å². The van der Waals surface area contributed by atoms with Crippen molar-refractivity contribution in [2.75, 3.05) is 39.6 Å². The van der Waals surface area contributed by atoms with E-state index >= 15 is 0 Å². The second kappa shape index (κ2) is 16.5. The number of unbranched alkanes of at least 4 members (excludes halogenated alkanes) is 3. The van der Waals surface area contributed by atoms with E-state index in [1.165, 1.54) is 0 Å². The monoisotopic (exact) mass is 383 g/mol. The maximum absolute atomic E-state index is 10.8. The van der Waals surface area contributed by atoms with E-state index in [0.717, 1.165) is 50.2 Å². The maximum Gasteiger partial charge on any atom is 0.342 e. The van der Waals surface area contributed by atoms with E-state index in [2.05, 4.69) is 9.78 Å². The summed E-state index contributed by atoms with van der Waals surface area (Å²) in [5.41, 5.74) is 6.70. The molecular formula is C20H33NO6. The summed E-state index contributed by atoms with van der Waals surface area (Å²) in [5.74, 6) is 0.501. The standard InChI is InChI=1S/C20H33NO6/c1-2-20(22)27-26-15-14-24-13-12-23-10-5-3-4-6-11-25-19-9-7-8-18(16-19)17-21/h7-9,16H,2-6,10-15,17,21H2,1H3. The highest BCUT2D eigenvalue weighted by Gasteiger charge is 1.99. The van der Waals surface area contributed by atoms with Crippen LogP contribution in [0.15, 0.2) is 24.3 Å². The van der Waals surface area contributed by atoms with Crippen molar-refractivity contribution in [1.82, 2.24) is 0 Å². The van der Waals surface area contributed by atoms with Gasteiger partial charge in [0.1, 0.15) is 12.4 Å². The summed E-state index contributed by atoms with van der Waals surface area (Å²) in [6.45, 7) is 5.33. The molecule has 0 aromatic heterocycles. The van der Waals surface area contributed by atoms with Gasteiger partial charge >= 0.3 is 5.97 Å². The number of benzene rings is 1. The van der Waals surface area contributed by atoms with Crippen molar-refractivity contribution in [3.05, 3.63) is 29.8 Å². The molecule has 27 heavy (non-hydrogen) atoms. The van der Waals surface area contributed by atoms with Crippen molar-refractivity contribution >= 4 is 5.97 Å². The third kappa shape index (κ3) is 13.2. The Kier molecular flexibility index (Phi) is 14.3. The summed E-state index contributed by atoms with van der Waals surface area (Å²) in [6.07, 6.45) is 4.58. The van der Waals surface area contributed by atoms with Gasteiger partial charge < -0.3 is 19.9 Å². The molecule has 0 spiro atoms. The van der Waals surface area contributed by atoms with Gasteiger partial charge in [-0.05, 0) is 37.0 Å². The molecule has 0 fully saturated rings. The van der Waals surface area contributed by atoms with Crippen LogP contribution in [-0.4, -0.2) is 45.6 Å². The molecule has 0 aliphatic carbocycles. The van der Waals surface area contributed by atoms with Crippen LogP contribution in [0.5, 0.6) is 5.75 Å². The summed E-state index contributed by atoms with van der Waals surface area (Å²) in [7, 11) is 0. The highest BCUT2D eigenvalue weighted by Crippen LogP contribution is 2.13. The summed E-state index contributed by atoms with van der Waals surface area (Å²) in [5, 5.41) is 0. The van der Waals surface area contributed by atoms with Crippen molar-refractivity contribution in [3.63, 3.8) is 0 Å². The van der Waals surface area contributed by atoms with Crippen molar-refractivity contribution in [1.29, 1.82) is 0 Å². The molecule has 0 saturated heterocycles. The van der Waals surface area contributed by atoms with Gasteiger partial charge in [-0.1, -0.05) is 25.5 Å². The Morgan fingerprint density at radius 2 is 1.63 bits per heavy atom. The lowest BCUT2D eigenvalue weighted by Gasteiger charge is -2.08. The fraction of sp³-hybridized carbons (Fsp3) is 0.650. The first kappa shape index (κ1) is 23.4. The summed E-state index contributed by atoms with van der Waals surface area (Å²) in [6, 6.07) is 7.90. The number of rotatable bonds is 17. The van der Waals surface area contributed by atoms with Crippen molar-refractivity contribution < 1.29 is 28.8 Å². The molecule has 0 saturated carbocycles. The zero-order valence-electron chi connectivity index (χ0n) is 16.3. The van der Waals surface area contributed by atoms with E-state index < -0.39 is 0 Å². The van der Waals surface area contributed by atoms with Gasteiger partial charge in [0.15, 0.2) is 0 Å². The smallest absolute Gasteiger partial charge is 0.342 e. The molecule has 0 aliphatic rings. The minimum Gasteiger partial charge on any atom is -0.494 e. The molecule has 7 nitrogen and oxygen atoms in total. The quantitative estimate of drug-likeness (QED) is 0.251. The lowest BCUT2D eigenvalue weighted by Crippen LogP contribution is -2.11. The normalized spacial score (nSPS) is 10.7. The van der Waals surface area contributed by atoms with Gasteiger partial charge in [0.2, 0.25) is 0 Å². The maximum atomic E-state index is 10.8. The summed E-state index contributed by atoms with van der Waals surface area (Å²) >= 11 is 0. The molecule has 0 atom stereocenters. The largest absolute Gasteiger partial charge is 0.494 e. The molecule has 0 heterocycles. The molecule has 0 amide bonds. The fourth-order valence-corrected chi connectivity index (χ4v) is 2.19. The van der Waals surface area contributed by atoms with Gasteiger partial charge in [0.05, 0.1) is 26.4 Å². The topological polar surface area (TPSA) is 89.2 Å². The van der Waals surface area contributed by atoms with Crippen molar-refractivity contribution in [2.45, 2.75) is 45.6 Å². The number of nitrogens with two attached hydrogens (primary N) is 1. The van der Waals surface area contributed by atoms with E-state index in [-0.39, 0.29) is 12.6 Å². The predicted molar refractivity (Wildman–Crippen MR) is 102 cm³/mol. The Morgan fingerprint density at radius 3 is 2.37 bits per heavy atom. The third-order valence-electron chi connectivity index (χ3n) is 3.71. The van der Waals surface area contributed by atoms with Crippen LogP contribution in [0, 0.1) is 0 Å². The number of ether oxygens (including phenoxy) is 3. The molecule has 0 unspecified atom stereocenters. The molecule has 2 N–H and O–H groups in total. The summed E-state index contributed by atoms with van der Waals surface area (Å²) in [4.78, 5) is 19.9.